The average molecular weight is 756 g/mol. The van der Waals surface area contributed by atoms with Crippen LogP contribution in [0.15, 0.2) is 205 Å². The molecule has 12 aromatic rings. The number of thiophene rings is 1. The first-order valence-electron chi connectivity index (χ1n) is 19.9. The molecule has 0 radical (unpaired) electrons. The van der Waals surface area contributed by atoms with Crippen molar-refractivity contribution in [1.29, 1.82) is 0 Å². The molecule has 0 fully saturated rings. The molecule has 0 unspecified atom stereocenters. The number of hydrogen-bond acceptors (Lipinski definition) is 2. The molecule has 0 amide bonds. The van der Waals surface area contributed by atoms with Gasteiger partial charge in [0.05, 0.1) is 21.1 Å². The van der Waals surface area contributed by atoms with Crippen LogP contribution in [0, 0.1) is 0 Å². The maximum atomic E-state index is 6.86. The number of benzene rings is 9. The molecule has 2 nitrogen and oxygen atoms in total. The van der Waals surface area contributed by atoms with E-state index in [0.717, 1.165) is 22.2 Å². The van der Waals surface area contributed by atoms with Gasteiger partial charge in [0.15, 0.2) is 0 Å². The third kappa shape index (κ3) is 4.16. The highest BCUT2D eigenvalue weighted by Crippen LogP contribution is 2.57. The minimum absolute atomic E-state index is 0.464. The van der Waals surface area contributed by atoms with E-state index >= 15 is 0 Å². The fourth-order valence-electron chi connectivity index (χ4n) is 10.3. The summed E-state index contributed by atoms with van der Waals surface area (Å²) >= 11 is 1.86. The van der Waals surface area contributed by atoms with Gasteiger partial charge in [0, 0.05) is 42.7 Å². The van der Waals surface area contributed by atoms with Crippen molar-refractivity contribution in [3.05, 3.63) is 222 Å². The molecule has 0 saturated heterocycles. The Kier molecular flexibility index (Phi) is 6.56. The highest BCUT2D eigenvalue weighted by atomic mass is 32.1. The number of para-hydroxylation sites is 2. The number of hydrogen-bond donors (Lipinski definition) is 0. The maximum Gasteiger partial charge on any atom is 0.145 e. The molecule has 0 N–H and O–H groups in total. The van der Waals surface area contributed by atoms with Crippen molar-refractivity contribution < 1.29 is 4.42 Å². The number of nitrogens with zero attached hydrogens (tertiary/aromatic N) is 1. The summed E-state index contributed by atoms with van der Waals surface area (Å²) in [6.45, 7) is 0. The molecular formula is C55H33NOS. The third-order valence-corrected chi connectivity index (χ3v) is 13.8. The van der Waals surface area contributed by atoms with E-state index in [1.54, 1.807) is 0 Å². The molecule has 270 valence electrons. The predicted molar refractivity (Wildman–Crippen MR) is 244 cm³/mol. The lowest BCUT2D eigenvalue weighted by Gasteiger charge is -2.34. The fourth-order valence-corrected chi connectivity index (χ4v) is 11.6. The Morgan fingerprint density at radius 3 is 1.86 bits per heavy atom. The molecule has 0 saturated carbocycles. The molecule has 3 heterocycles. The van der Waals surface area contributed by atoms with Gasteiger partial charge in [-0.1, -0.05) is 164 Å². The maximum absolute atomic E-state index is 6.86. The van der Waals surface area contributed by atoms with Gasteiger partial charge in [0.25, 0.3) is 0 Å². The van der Waals surface area contributed by atoms with Gasteiger partial charge >= 0.3 is 0 Å². The Morgan fingerprint density at radius 1 is 0.448 bits per heavy atom. The molecule has 1 aliphatic carbocycles. The van der Waals surface area contributed by atoms with Crippen LogP contribution in [0.3, 0.4) is 0 Å². The SMILES string of the molecule is c1ccc(-n2c3cc(-c4ccc5c(c4)C(c4ccccc4)(c4ccccc4)c4ccccc4-5)ccc3c3c4c5ccccc5oc4c4c5ccccc5sc4c32)cc1. The van der Waals surface area contributed by atoms with E-state index in [4.69, 9.17) is 4.42 Å². The third-order valence-electron chi connectivity index (χ3n) is 12.7. The lowest BCUT2D eigenvalue weighted by Crippen LogP contribution is -2.28. The molecule has 3 aromatic heterocycles. The van der Waals surface area contributed by atoms with E-state index in [1.807, 2.05) is 11.3 Å². The summed E-state index contributed by atoms with van der Waals surface area (Å²) < 4.78 is 11.9. The van der Waals surface area contributed by atoms with Crippen molar-refractivity contribution in [2.45, 2.75) is 5.41 Å². The van der Waals surface area contributed by atoms with Crippen LogP contribution in [0.1, 0.15) is 22.3 Å². The molecule has 0 bridgehead atoms. The van der Waals surface area contributed by atoms with Crippen LogP contribution in [-0.4, -0.2) is 4.57 Å². The van der Waals surface area contributed by atoms with Crippen molar-refractivity contribution >= 4 is 75.3 Å². The van der Waals surface area contributed by atoms with Gasteiger partial charge in [-0.05, 0) is 80.9 Å². The second kappa shape index (κ2) is 11.9. The lowest BCUT2D eigenvalue weighted by atomic mass is 9.67. The normalized spacial score (nSPS) is 13.3. The summed E-state index contributed by atoms with van der Waals surface area (Å²) in [5.41, 5.74) is 15.1. The largest absolute Gasteiger partial charge is 0.455 e. The van der Waals surface area contributed by atoms with Gasteiger partial charge in [-0.2, -0.15) is 0 Å². The smallest absolute Gasteiger partial charge is 0.145 e. The van der Waals surface area contributed by atoms with E-state index in [2.05, 4.69) is 205 Å². The molecule has 13 rings (SSSR count). The second-order valence-electron chi connectivity index (χ2n) is 15.5. The van der Waals surface area contributed by atoms with Gasteiger partial charge in [-0.25, -0.2) is 0 Å². The second-order valence-corrected chi connectivity index (χ2v) is 16.6. The summed E-state index contributed by atoms with van der Waals surface area (Å²) in [5.74, 6) is 0. The molecular weight excluding hydrogens is 723 g/mol. The Bertz CT molecular complexity index is 3570. The van der Waals surface area contributed by atoms with E-state index in [9.17, 15) is 0 Å². The summed E-state index contributed by atoms with van der Waals surface area (Å²) in [6, 6.07) is 73.6. The number of rotatable bonds is 4. The lowest BCUT2D eigenvalue weighted by molar-refractivity contribution is 0.673. The van der Waals surface area contributed by atoms with E-state index in [-0.39, 0.29) is 0 Å². The first-order valence-corrected chi connectivity index (χ1v) is 20.7. The molecule has 58 heavy (non-hydrogen) atoms. The van der Waals surface area contributed by atoms with Crippen LogP contribution in [-0.2, 0) is 5.41 Å². The molecule has 0 spiro atoms. The van der Waals surface area contributed by atoms with E-state index in [1.165, 1.54) is 91.9 Å². The Balaban J connectivity index is 1.15. The summed E-state index contributed by atoms with van der Waals surface area (Å²) in [5, 5.41) is 7.21. The Morgan fingerprint density at radius 2 is 1.07 bits per heavy atom. The predicted octanol–water partition coefficient (Wildman–Crippen LogP) is 15.1. The highest BCUT2D eigenvalue weighted by molar-refractivity contribution is 7.27. The number of fused-ring (bicyclic) bond motifs is 15. The van der Waals surface area contributed by atoms with Crippen molar-refractivity contribution in [2.75, 3.05) is 0 Å². The standard InChI is InChI=1S/C55H33NOS/c1-4-16-36(17-5-1)55(37-18-6-2-7-19-37)44-25-13-10-22-39(44)40-30-28-34(32-45(40)55)35-29-31-41-46(33-35)56(38-20-8-3-9-21-38)52-49(41)50-42-23-11-14-26-47(42)57-53(50)51-43-24-12-15-27-48(43)58-54(51)52/h1-33H. The van der Waals surface area contributed by atoms with E-state index in [0.29, 0.717) is 0 Å². The van der Waals surface area contributed by atoms with Crippen molar-refractivity contribution in [2.24, 2.45) is 0 Å². The topological polar surface area (TPSA) is 18.1 Å². The molecule has 0 aliphatic heterocycles. The zero-order valence-corrected chi connectivity index (χ0v) is 32.1. The van der Waals surface area contributed by atoms with E-state index < -0.39 is 5.41 Å². The molecule has 9 aromatic carbocycles. The van der Waals surface area contributed by atoms with Gasteiger partial charge in [-0.3, -0.25) is 0 Å². The van der Waals surface area contributed by atoms with Crippen LogP contribution in [0.4, 0.5) is 0 Å². The van der Waals surface area contributed by atoms with Crippen LogP contribution >= 0.6 is 11.3 Å². The van der Waals surface area contributed by atoms with Gasteiger partial charge < -0.3 is 8.98 Å². The Labute approximate surface area is 338 Å². The van der Waals surface area contributed by atoms with Gasteiger partial charge in [-0.15, -0.1) is 11.3 Å². The first kappa shape index (κ1) is 31.9. The van der Waals surface area contributed by atoms with Crippen molar-refractivity contribution in [1.82, 2.24) is 4.57 Å². The summed E-state index contributed by atoms with van der Waals surface area (Å²) in [6.07, 6.45) is 0. The summed E-state index contributed by atoms with van der Waals surface area (Å²) in [4.78, 5) is 0. The van der Waals surface area contributed by atoms with Crippen molar-refractivity contribution in [3.63, 3.8) is 0 Å². The summed E-state index contributed by atoms with van der Waals surface area (Å²) in [7, 11) is 0. The quantitative estimate of drug-likeness (QED) is 0.175. The molecule has 3 heteroatoms. The van der Waals surface area contributed by atoms with Crippen LogP contribution < -0.4 is 0 Å². The van der Waals surface area contributed by atoms with Crippen LogP contribution in [0.25, 0.3) is 91.9 Å². The number of aromatic nitrogens is 1. The van der Waals surface area contributed by atoms with Crippen molar-refractivity contribution in [3.8, 4) is 27.9 Å². The molecule has 0 atom stereocenters. The van der Waals surface area contributed by atoms with Gasteiger partial charge in [0.2, 0.25) is 0 Å². The zero-order chi connectivity index (χ0) is 38.0. The number of furan rings is 1. The highest BCUT2D eigenvalue weighted by Gasteiger charge is 2.46. The first-order chi connectivity index (χ1) is 28.8. The minimum Gasteiger partial charge on any atom is -0.455 e. The Hall–Kier alpha value is -7.20. The average Bonchev–Trinajstić information content (AvgIpc) is 4.04. The zero-order valence-electron chi connectivity index (χ0n) is 31.3. The monoisotopic (exact) mass is 755 g/mol. The van der Waals surface area contributed by atoms with Crippen LogP contribution in [0.5, 0.6) is 0 Å². The van der Waals surface area contributed by atoms with Gasteiger partial charge in [0.1, 0.15) is 11.2 Å². The minimum atomic E-state index is -0.464. The fraction of sp³-hybridized carbons (Fsp3) is 0.0182. The van der Waals surface area contributed by atoms with Crippen LogP contribution in [0.2, 0.25) is 0 Å². The molecule has 1 aliphatic rings.